The summed E-state index contributed by atoms with van der Waals surface area (Å²) in [6.45, 7) is 4.30. The number of aromatic nitrogens is 1. The Bertz CT molecular complexity index is 680. The molecule has 0 saturated carbocycles. The van der Waals surface area contributed by atoms with Gasteiger partial charge in [-0.15, -0.1) is 0 Å². The molecule has 1 N–H and O–H groups in total. The molecule has 1 aromatic heterocycles. The molecular weight excluding hydrogens is 280 g/mol. The van der Waals surface area contributed by atoms with E-state index in [1.54, 1.807) is 35.9 Å². The second kappa shape index (κ2) is 7.45. The summed E-state index contributed by atoms with van der Waals surface area (Å²) in [5, 5.41) is 2.76. The summed E-state index contributed by atoms with van der Waals surface area (Å²) in [4.78, 5) is 23.8. The van der Waals surface area contributed by atoms with Gasteiger partial charge in [-0.1, -0.05) is 25.1 Å². The Morgan fingerprint density at radius 1 is 1.23 bits per heavy atom. The molecule has 0 fully saturated rings. The van der Waals surface area contributed by atoms with Crippen LogP contribution in [0.1, 0.15) is 20.3 Å². The van der Waals surface area contributed by atoms with Gasteiger partial charge in [-0.2, -0.15) is 0 Å². The van der Waals surface area contributed by atoms with Gasteiger partial charge >= 0.3 is 0 Å². The van der Waals surface area contributed by atoms with Gasteiger partial charge in [0.2, 0.25) is 0 Å². The Labute approximate surface area is 129 Å². The second-order valence-corrected chi connectivity index (χ2v) is 5.01. The van der Waals surface area contributed by atoms with Gasteiger partial charge in [0.15, 0.2) is 6.10 Å². The molecule has 0 aliphatic rings. The van der Waals surface area contributed by atoms with Crippen molar-refractivity contribution in [1.29, 1.82) is 0 Å². The lowest BCUT2D eigenvalue weighted by Gasteiger charge is -2.15. The molecule has 116 valence electrons. The van der Waals surface area contributed by atoms with Crippen molar-refractivity contribution in [3.63, 3.8) is 0 Å². The number of carbonyl (C=O) groups excluding carboxylic acids is 1. The average Bonchev–Trinajstić information content (AvgIpc) is 2.52. The van der Waals surface area contributed by atoms with Crippen LogP contribution in [0.4, 0.5) is 5.69 Å². The number of nitrogens with one attached hydrogen (secondary N) is 1. The predicted molar refractivity (Wildman–Crippen MR) is 86.2 cm³/mol. The van der Waals surface area contributed by atoms with Crippen molar-refractivity contribution >= 4 is 11.6 Å². The Kier molecular flexibility index (Phi) is 5.36. The smallest absolute Gasteiger partial charge is 0.265 e. The lowest BCUT2D eigenvalue weighted by atomic mass is 10.3. The van der Waals surface area contributed by atoms with E-state index in [4.69, 9.17) is 4.74 Å². The number of amides is 1. The number of rotatable bonds is 6. The molecule has 22 heavy (non-hydrogen) atoms. The van der Waals surface area contributed by atoms with Crippen LogP contribution in [0, 0.1) is 0 Å². The first-order valence-corrected chi connectivity index (χ1v) is 7.33. The summed E-state index contributed by atoms with van der Waals surface area (Å²) in [6, 6.07) is 12.2. The highest BCUT2D eigenvalue weighted by atomic mass is 16.5. The SMILES string of the molecule is CCCn1cc(NC(=O)[C@@H](C)Oc2ccccc2)ccc1=O. The summed E-state index contributed by atoms with van der Waals surface area (Å²) in [5.74, 6) is 0.381. The molecule has 1 heterocycles. The van der Waals surface area contributed by atoms with E-state index >= 15 is 0 Å². The molecule has 5 heteroatoms. The van der Waals surface area contributed by atoms with Crippen LogP contribution < -0.4 is 15.6 Å². The zero-order chi connectivity index (χ0) is 15.9. The first-order chi connectivity index (χ1) is 10.6. The number of nitrogens with zero attached hydrogens (tertiary/aromatic N) is 1. The van der Waals surface area contributed by atoms with Crippen molar-refractivity contribution in [3.8, 4) is 5.75 Å². The molecule has 2 rings (SSSR count). The zero-order valence-corrected chi connectivity index (χ0v) is 12.8. The van der Waals surface area contributed by atoms with E-state index in [0.29, 0.717) is 18.0 Å². The number of ether oxygens (including phenoxy) is 1. The minimum Gasteiger partial charge on any atom is -0.481 e. The van der Waals surface area contributed by atoms with Gasteiger partial charge in [-0.05, 0) is 31.5 Å². The first-order valence-electron chi connectivity index (χ1n) is 7.33. The van der Waals surface area contributed by atoms with E-state index in [-0.39, 0.29) is 11.5 Å². The molecule has 1 aromatic carbocycles. The first kappa shape index (κ1) is 15.8. The number of pyridine rings is 1. The summed E-state index contributed by atoms with van der Waals surface area (Å²) >= 11 is 0. The summed E-state index contributed by atoms with van der Waals surface area (Å²) < 4.78 is 7.15. The van der Waals surface area contributed by atoms with Gasteiger partial charge in [-0.25, -0.2) is 0 Å². The third kappa shape index (κ3) is 4.22. The molecule has 0 saturated heterocycles. The quantitative estimate of drug-likeness (QED) is 0.892. The molecule has 0 radical (unpaired) electrons. The van der Waals surface area contributed by atoms with Gasteiger partial charge in [-0.3, -0.25) is 9.59 Å². The average molecular weight is 300 g/mol. The lowest BCUT2D eigenvalue weighted by Crippen LogP contribution is -2.30. The van der Waals surface area contributed by atoms with Crippen molar-refractivity contribution in [2.45, 2.75) is 32.9 Å². The maximum Gasteiger partial charge on any atom is 0.265 e. The van der Waals surface area contributed by atoms with Crippen LogP contribution in [0.2, 0.25) is 0 Å². The molecule has 0 unspecified atom stereocenters. The van der Waals surface area contributed by atoms with Gasteiger partial charge in [0.25, 0.3) is 11.5 Å². The van der Waals surface area contributed by atoms with E-state index in [1.165, 1.54) is 6.07 Å². The summed E-state index contributed by atoms with van der Waals surface area (Å²) in [5.41, 5.74) is 0.509. The van der Waals surface area contributed by atoms with E-state index in [9.17, 15) is 9.59 Å². The maximum atomic E-state index is 12.1. The van der Waals surface area contributed by atoms with E-state index in [1.807, 2.05) is 25.1 Å². The predicted octanol–water partition coefficient (Wildman–Crippen LogP) is 2.66. The highest BCUT2D eigenvalue weighted by Crippen LogP contribution is 2.12. The van der Waals surface area contributed by atoms with Crippen LogP contribution in [0.15, 0.2) is 53.5 Å². The third-order valence-corrected chi connectivity index (χ3v) is 3.14. The number of aryl methyl sites for hydroxylation is 1. The maximum absolute atomic E-state index is 12.1. The van der Waals surface area contributed by atoms with Gasteiger partial charge in [0.1, 0.15) is 5.75 Å². The van der Waals surface area contributed by atoms with Gasteiger partial charge in [0.05, 0.1) is 5.69 Å². The monoisotopic (exact) mass is 300 g/mol. The van der Waals surface area contributed by atoms with Crippen LogP contribution in [0.25, 0.3) is 0 Å². The molecule has 0 bridgehead atoms. The van der Waals surface area contributed by atoms with Crippen LogP contribution >= 0.6 is 0 Å². The third-order valence-electron chi connectivity index (χ3n) is 3.14. The Balaban J connectivity index is 2.02. The lowest BCUT2D eigenvalue weighted by molar-refractivity contribution is -0.122. The van der Waals surface area contributed by atoms with Crippen LogP contribution in [0.5, 0.6) is 5.75 Å². The number of benzene rings is 1. The van der Waals surface area contributed by atoms with Gasteiger partial charge in [0, 0.05) is 18.8 Å². The fourth-order valence-corrected chi connectivity index (χ4v) is 2.02. The summed E-state index contributed by atoms with van der Waals surface area (Å²) in [7, 11) is 0. The van der Waals surface area contributed by atoms with Crippen molar-refractivity contribution in [3.05, 3.63) is 59.0 Å². The number of carbonyl (C=O) groups is 1. The fourth-order valence-electron chi connectivity index (χ4n) is 2.02. The standard InChI is InChI=1S/C17H20N2O3/c1-3-11-19-12-14(9-10-16(19)20)18-17(21)13(2)22-15-7-5-4-6-8-15/h4-10,12-13H,3,11H2,1-2H3,(H,18,21)/t13-/m1/s1. The molecule has 0 aliphatic carbocycles. The molecule has 2 aromatic rings. The van der Waals surface area contributed by atoms with Crippen molar-refractivity contribution in [2.75, 3.05) is 5.32 Å². The van der Waals surface area contributed by atoms with Crippen LogP contribution in [-0.4, -0.2) is 16.6 Å². The summed E-state index contributed by atoms with van der Waals surface area (Å²) in [6.07, 6.45) is 1.87. The molecule has 1 atom stereocenters. The second-order valence-electron chi connectivity index (χ2n) is 5.01. The number of anilines is 1. The van der Waals surface area contributed by atoms with E-state index < -0.39 is 6.10 Å². The minimum absolute atomic E-state index is 0.0755. The highest BCUT2D eigenvalue weighted by molar-refractivity contribution is 5.93. The van der Waals surface area contributed by atoms with Crippen LogP contribution in [0.3, 0.4) is 0 Å². The minimum atomic E-state index is -0.631. The Morgan fingerprint density at radius 2 is 1.95 bits per heavy atom. The molecule has 5 nitrogen and oxygen atoms in total. The topological polar surface area (TPSA) is 60.3 Å². The molecular formula is C17H20N2O3. The van der Waals surface area contributed by atoms with Crippen molar-refractivity contribution in [1.82, 2.24) is 4.57 Å². The zero-order valence-electron chi connectivity index (χ0n) is 12.8. The van der Waals surface area contributed by atoms with E-state index in [2.05, 4.69) is 5.32 Å². The van der Waals surface area contributed by atoms with E-state index in [0.717, 1.165) is 6.42 Å². The highest BCUT2D eigenvalue weighted by Gasteiger charge is 2.15. The fraction of sp³-hybridized carbons (Fsp3) is 0.294. The molecule has 1 amide bonds. The van der Waals surface area contributed by atoms with Crippen molar-refractivity contribution in [2.24, 2.45) is 0 Å². The van der Waals surface area contributed by atoms with Gasteiger partial charge < -0.3 is 14.6 Å². The molecule has 0 aliphatic heterocycles. The Hall–Kier alpha value is -2.56. The van der Waals surface area contributed by atoms with Crippen LogP contribution in [-0.2, 0) is 11.3 Å². The number of para-hydroxylation sites is 1. The largest absolute Gasteiger partial charge is 0.481 e. The molecule has 0 spiro atoms. The normalized spacial score (nSPS) is 11.7. The van der Waals surface area contributed by atoms with Crippen molar-refractivity contribution < 1.29 is 9.53 Å². The Morgan fingerprint density at radius 3 is 2.64 bits per heavy atom. The number of hydrogen-bond donors (Lipinski definition) is 1. The number of hydrogen-bond acceptors (Lipinski definition) is 3.